The summed E-state index contributed by atoms with van der Waals surface area (Å²) >= 11 is 0. The van der Waals surface area contributed by atoms with Crippen LogP contribution in [0.1, 0.15) is 37.6 Å². The van der Waals surface area contributed by atoms with E-state index in [1.165, 1.54) is 12.5 Å². The lowest BCUT2D eigenvalue weighted by Gasteiger charge is -2.24. The highest BCUT2D eigenvalue weighted by atomic mass is 19.1. The highest BCUT2D eigenvalue weighted by molar-refractivity contribution is 5.79. The Balaban J connectivity index is 1.57. The highest BCUT2D eigenvalue weighted by Gasteiger charge is 2.14. The first kappa shape index (κ1) is 20.3. The Kier molecular flexibility index (Phi) is 7.78. The van der Waals surface area contributed by atoms with Gasteiger partial charge in [0.15, 0.2) is 5.96 Å². The molecule has 0 amide bonds. The highest BCUT2D eigenvalue weighted by Crippen LogP contribution is 2.11. The van der Waals surface area contributed by atoms with E-state index in [1.807, 2.05) is 10.6 Å². The Bertz CT molecular complexity index is 757. The summed E-state index contributed by atoms with van der Waals surface area (Å²) in [6.07, 6.45) is 6.13. The third-order valence-corrected chi connectivity index (χ3v) is 4.79. The molecule has 0 spiro atoms. The lowest BCUT2D eigenvalue weighted by Crippen LogP contribution is -2.43. The van der Waals surface area contributed by atoms with Gasteiger partial charge in [-0.05, 0) is 25.3 Å². The van der Waals surface area contributed by atoms with E-state index in [4.69, 9.17) is 4.74 Å². The molecule has 1 aliphatic rings. The molecule has 1 aromatic heterocycles. The molecule has 28 heavy (non-hydrogen) atoms. The number of ether oxygens (including phenoxy) is 1. The molecule has 1 unspecified atom stereocenters. The summed E-state index contributed by atoms with van der Waals surface area (Å²) in [4.78, 5) is 4.56. The summed E-state index contributed by atoms with van der Waals surface area (Å²) < 4.78 is 21.7. The molecule has 152 valence electrons. The minimum atomic E-state index is -0.238. The van der Waals surface area contributed by atoms with Gasteiger partial charge >= 0.3 is 0 Å². The van der Waals surface area contributed by atoms with Gasteiger partial charge in [-0.25, -0.2) is 9.38 Å². The molecule has 1 saturated heterocycles. The second-order valence-electron chi connectivity index (χ2n) is 6.85. The summed E-state index contributed by atoms with van der Waals surface area (Å²) in [5, 5.41) is 14.7. The number of aryl methyl sites for hydroxylation is 1. The maximum atomic E-state index is 13.9. The Morgan fingerprint density at radius 1 is 1.32 bits per heavy atom. The van der Waals surface area contributed by atoms with Crippen LogP contribution in [0.15, 0.2) is 35.6 Å². The zero-order valence-electron chi connectivity index (χ0n) is 16.4. The van der Waals surface area contributed by atoms with E-state index in [2.05, 4.69) is 32.7 Å². The smallest absolute Gasteiger partial charge is 0.191 e. The summed E-state index contributed by atoms with van der Waals surface area (Å²) in [6, 6.07) is 6.72. The molecule has 0 saturated carbocycles. The van der Waals surface area contributed by atoms with E-state index < -0.39 is 0 Å². The first-order valence-electron chi connectivity index (χ1n) is 10.00. The fraction of sp³-hybridized carbons (Fsp3) is 0.550. The molecule has 0 aliphatic carbocycles. The van der Waals surface area contributed by atoms with Gasteiger partial charge in [0, 0.05) is 38.2 Å². The normalized spacial score (nSPS) is 17.5. The number of rotatable bonds is 8. The minimum Gasteiger partial charge on any atom is -0.376 e. The van der Waals surface area contributed by atoms with E-state index in [0.717, 1.165) is 38.2 Å². The van der Waals surface area contributed by atoms with Crippen LogP contribution in [0.4, 0.5) is 4.39 Å². The van der Waals surface area contributed by atoms with E-state index in [0.29, 0.717) is 24.6 Å². The summed E-state index contributed by atoms with van der Waals surface area (Å²) in [5.74, 6) is 1.37. The van der Waals surface area contributed by atoms with Crippen LogP contribution in [0.25, 0.3) is 0 Å². The maximum Gasteiger partial charge on any atom is 0.191 e. The number of hydrogen-bond acceptors (Lipinski definition) is 4. The van der Waals surface area contributed by atoms with Crippen LogP contribution >= 0.6 is 0 Å². The predicted molar refractivity (Wildman–Crippen MR) is 107 cm³/mol. The molecule has 2 aromatic rings. The molecular weight excluding hydrogens is 359 g/mol. The van der Waals surface area contributed by atoms with Crippen molar-refractivity contribution in [2.75, 3.05) is 19.7 Å². The monoisotopic (exact) mass is 388 g/mol. The Labute approximate surface area is 165 Å². The predicted octanol–water partition coefficient (Wildman–Crippen LogP) is 2.28. The van der Waals surface area contributed by atoms with Crippen LogP contribution < -0.4 is 10.6 Å². The zero-order chi connectivity index (χ0) is 19.6. The topological polar surface area (TPSA) is 76.4 Å². The van der Waals surface area contributed by atoms with Crippen LogP contribution in [0, 0.1) is 5.82 Å². The molecule has 7 nitrogen and oxygen atoms in total. The first-order valence-corrected chi connectivity index (χ1v) is 10.00. The summed E-state index contributed by atoms with van der Waals surface area (Å²) in [7, 11) is 0. The van der Waals surface area contributed by atoms with Gasteiger partial charge < -0.3 is 19.9 Å². The van der Waals surface area contributed by atoms with Gasteiger partial charge in [-0.3, -0.25) is 0 Å². The Morgan fingerprint density at radius 2 is 2.21 bits per heavy atom. The molecule has 3 rings (SSSR count). The first-order chi connectivity index (χ1) is 13.8. The number of nitrogens with zero attached hydrogens (tertiary/aromatic N) is 4. The maximum absolute atomic E-state index is 13.9. The number of benzene rings is 1. The van der Waals surface area contributed by atoms with Gasteiger partial charge in [0.25, 0.3) is 0 Å². The molecule has 1 aromatic carbocycles. The van der Waals surface area contributed by atoms with Crippen molar-refractivity contribution in [3.63, 3.8) is 0 Å². The molecule has 2 heterocycles. The molecule has 8 heteroatoms. The van der Waals surface area contributed by atoms with Crippen molar-refractivity contribution in [1.29, 1.82) is 0 Å². The third-order valence-electron chi connectivity index (χ3n) is 4.79. The van der Waals surface area contributed by atoms with Crippen molar-refractivity contribution in [2.45, 2.75) is 51.8 Å². The Hall–Kier alpha value is -2.48. The van der Waals surface area contributed by atoms with Gasteiger partial charge in [0.1, 0.15) is 18.0 Å². The summed E-state index contributed by atoms with van der Waals surface area (Å²) in [6.45, 7) is 5.24. The zero-order valence-corrected chi connectivity index (χ0v) is 16.4. The van der Waals surface area contributed by atoms with E-state index >= 15 is 0 Å². The number of aliphatic imine (C=N–C) groups is 1. The number of hydrogen-bond donors (Lipinski definition) is 2. The fourth-order valence-corrected chi connectivity index (χ4v) is 3.18. The Morgan fingerprint density at radius 3 is 3.00 bits per heavy atom. The third kappa shape index (κ3) is 6.02. The largest absolute Gasteiger partial charge is 0.376 e. The minimum absolute atomic E-state index is 0.193. The van der Waals surface area contributed by atoms with Gasteiger partial charge in [-0.15, -0.1) is 10.2 Å². The molecule has 1 atom stereocenters. The molecule has 2 N–H and O–H groups in total. The molecule has 1 aliphatic heterocycles. The van der Waals surface area contributed by atoms with Crippen molar-refractivity contribution in [3.8, 4) is 0 Å². The van der Waals surface area contributed by atoms with Crippen LogP contribution in [-0.2, 0) is 24.2 Å². The average molecular weight is 388 g/mol. The lowest BCUT2D eigenvalue weighted by molar-refractivity contribution is 0.0194. The van der Waals surface area contributed by atoms with Crippen LogP contribution in [0.5, 0.6) is 0 Å². The van der Waals surface area contributed by atoms with Gasteiger partial charge in [0.2, 0.25) is 0 Å². The quantitative estimate of drug-likeness (QED) is 0.536. The van der Waals surface area contributed by atoms with Gasteiger partial charge in [-0.2, -0.15) is 0 Å². The second kappa shape index (κ2) is 10.8. The molecule has 0 radical (unpaired) electrons. The van der Waals surface area contributed by atoms with Crippen molar-refractivity contribution < 1.29 is 9.13 Å². The van der Waals surface area contributed by atoms with Gasteiger partial charge in [0.05, 0.1) is 12.6 Å². The second-order valence-corrected chi connectivity index (χ2v) is 6.85. The number of nitrogens with one attached hydrogen (secondary N) is 2. The molecule has 1 fully saturated rings. The number of halogens is 1. The lowest BCUT2D eigenvalue weighted by atomic mass is 10.1. The SMILES string of the molecule is CCc1nncn1CCNC(=NCc1ccccc1F)NCC1CCCCO1. The van der Waals surface area contributed by atoms with Crippen LogP contribution in [-0.4, -0.2) is 46.5 Å². The van der Waals surface area contributed by atoms with Crippen molar-refractivity contribution >= 4 is 5.96 Å². The van der Waals surface area contributed by atoms with Crippen LogP contribution in [0.2, 0.25) is 0 Å². The van der Waals surface area contributed by atoms with Crippen molar-refractivity contribution in [2.24, 2.45) is 4.99 Å². The van der Waals surface area contributed by atoms with Gasteiger partial charge in [-0.1, -0.05) is 25.1 Å². The number of guanidine groups is 1. The molecule has 0 bridgehead atoms. The van der Waals surface area contributed by atoms with Crippen molar-refractivity contribution in [1.82, 2.24) is 25.4 Å². The standard InChI is InChI=1S/C20H29FN6O/c1-2-19-26-25-15-27(19)11-10-22-20(24-14-17-8-5-6-12-28-17)23-13-16-7-3-4-9-18(16)21/h3-4,7,9,15,17H,2,5-6,8,10-14H2,1H3,(H2,22,23,24). The molecular formula is C20H29FN6O. The van der Waals surface area contributed by atoms with E-state index in [1.54, 1.807) is 18.5 Å². The van der Waals surface area contributed by atoms with Crippen molar-refractivity contribution in [3.05, 3.63) is 47.8 Å². The van der Waals surface area contributed by atoms with Crippen LogP contribution in [0.3, 0.4) is 0 Å². The van der Waals surface area contributed by atoms with E-state index in [9.17, 15) is 4.39 Å². The van der Waals surface area contributed by atoms with E-state index in [-0.39, 0.29) is 18.5 Å². The summed E-state index contributed by atoms with van der Waals surface area (Å²) in [5.41, 5.74) is 0.574. The number of aromatic nitrogens is 3. The fourth-order valence-electron chi connectivity index (χ4n) is 3.18. The average Bonchev–Trinajstić information content (AvgIpc) is 3.19.